The predicted molar refractivity (Wildman–Crippen MR) is 82.6 cm³/mol. The lowest BCUT2D eigenvalue weighted by Gasteiger charge is -2.14. The third-order valence-electron chi connectivity index (χ3n) is 3.03. The molecule has 4 nitrogen and oxygen atoms in total. The average molecular weight is 282 g/mol. The third-order valence-corrected chi connectivity index (χ3v) is 3.03. The standard InChI is InChI=1S/C17H18N2O2/c1-3-21-16-6-4-5-13(11-16)17(12-18)19-14-7-9-15(20-2)10-8-14/h4-11,17,19H,3H2,1-2H3. The summed E-state index contributed by atoms with van der Waals surface area (Å²) in [6, 6.07) is 16.9. The van der Waals surface area contributed by atoms with E-state index in [1.54, 1.807) is 7.11 Å². The Bertz CT molecular complexity index is 617. The molecule has 0 radical (unpaired) electrons. The van der Waals surface area contributed by atoms with Gasteiger partial charge in [0, 0.05) is 5.69 Å². The van der Waals surface area contributed by atoms with E-state index >= 15 is 0 Å². The highest BCUT2D eigenvalue weighted by Crippen LogP contribution is 2.24. The number of hydrogen-bond acceptors (Lipinski definition) is 4. The van der Waals surface area contributed by atoms with E-state index in [4.69, 9.17) is 9.47 Å². The van der Waals surface area contributed by atoms with Crippen LogP contribution in [-0.2, 0) is 0 Å². The fourth-order valence-electron chi connectivity index (χ4n) is 1.99. The van der Waals surface area contributed by atoms with Gasteiger partial charge in [0.1, 0.15) is 17.5 Å². The molecule has 0 saturated heterocycles. The molecule has 1 atom stereocenters. The monoisotopic (exact) mass is 282 g/mol. The number of ether oxygens (including phenoxy) is 2. The Labute approximate surface area is 124 Å². The Morgan fingerprint density at radius 1 is 1.14 bits per heavy atom. The Morgan fingerprint density at radius 2 is 1.90 bits per heavy atom. The molecule has 0 aliphatic rings. The van der Waals surface area contributed by atoms with Crippen LogP contribution in [0.5, 0.6) is 11.5 Å². The number of methoxy groups -OCH3 is 1. The first-order valence-electron chi connectivity index (χ1n) is 6.79. The molecule has 0 bridgehead atoms. The van der Waals surface area contributed by atoms with Crippen molar-refractivity contribution in [2.45, 2.75) is 13.0 Å². The van der Waals surface area contributed by atoms with Gasteiger partial charge >= 0.3 is 0 Å². The van der Waals surface area contributed by atoms with E-state index in [9.17, 15) is 5.26 Å². The summed E-state index contributed by atoms with van der Waals surface area (Å²) in [5.74, 6) is 1.55. The van der Waals surface area contributed by atoms with Crippen molar-refractivity contribution in [1.29, 1.82) is 5.26 Å². The highest BCUT2D eigenvalue weighted by atomic mass is 16.5. The third kappa shape index (κ3) is 3.90. The first-order valence-corrected chi connectivity index (χ1v) is 6.79. The molecule has 1 unspecified atom stereocenters. The fraction of sp³-hybridized carbons (Fsp3) is 0.235. The molecule has 0 aromatic heterocycles. The summed E-state index contributed by atoms with van der Waals surface area (Å²) in [5, 5.41) is 12.6. The van der Waals surface area contributed by atoms with Gasteiger partial charge in [-0.2, -0.15) is 5.26 Å². The lowest BCUT2D eigenvalue weighted by molar-refractivity contribution is 0.340. The van der Waals surface area contributed by atoms with Crippen molar-refractivity contribution in [3.63, 3.8) is 0 Å². The average Bonchev–Trinajstić information content (AvgIpc) is 2.54. The van der Waals surface area contributed by atoms with Gasteiger partial charge in [0.15, 0.2) is 0 Å². The molecule has 21 heavy (non-hydrogen) atoms. The van der Waals surface area contributed by atoms with Crippen molar-refractivity contribution in [2.24, 2.45) is 0 Å². The molecule has 0 saturated carbocycles. The van der Waals surface area contributed by atoms with Gasteiger partial charge in [-0.05, 0) is 48.9 Å². The molecule has 2 aromatic rings. The minimum atomic E-state index is -0.432. The van der Waals surface area contributed by atoms with E-state index in [0.29, 0.717) is 6.61 Å². The summed E-state index contributed by atoms with van der Waals surface area (Å²) in [5.41, 5.74) is 1.74. The van der Waals surface area contributed by atoms with E-state index in [1.807, 2.05) is 55.5 Å². The number of nitriles is 1. The lowest BCUT2D eigenvalue weighted by Crippen LogP contribution is -2.08. The maximum Gasteiger partial charge on any atom is 0.140 e. The smallest absolute Gasteiger partial charge is 0.140 e. The van der Waals surface area contributed by atoms with Crippen molar-refractivity contribution in [2.75, 3.05) is 19.0 Å². The zero-order valence-corrected chi connectivity index (χ0v) is 12.2. The molecule has 108 valence electrons. The van der Waals surface area contributed by atoms with Crippen LogP contribution in [0.3, 0.4) is 0 Å². The predicted octanol–water partition coefficient (Wildman–Crippen LogP) is 3.77. The van der Waals surface area contributed by atoms with Crippen molar-refractivity contribution < 1.29 is 9.47 Å². The molecule has 2 aromatic carbocycles. The second kappa shape index (κ2) is 7.20. The normalized spacial score (nSPS) is 11.3. The summed E-state index contributed by atoms with van der Waals surface area (Å²) in [4.78, 5) is 0. The van der Waals surface area contributed by atoms with Crippen LogP contribution in [0.25, 0.3) is 0 Å². The van der Waals surface area contributed by atoms with Crippen LogP contribution in [0.1, 0.15) is 18.5 Å². The summed E-state index contributed by atoms with van der Waals surface area (Å²) in [6.45, 7) is 2.54. The Balaban J connectivity index is 2.15. The minimum absolute atomic E-state index is 0.432. The quantitative estimate of drug-likeness (QED) is 0.876. The molecule has 4 heteroatoms. The summed E-state index contributed by atoms with van der Waals surface area (Å²) in [7, 11) is 1.62. The van der Waals surface area contributed by atoms with Gasteiger partial charge in [0.25, 0.3) is 0 Å². The molecule has 0 aliphatic heterocycles. The van der Waals surface area contributed by atoms with Crippen LogP contribution < -0.4 is 14.8 Å². The highest BCUT2D eigenvalue weighted by molar-refractivity contribution is 5.50. The molecular weight excluding hydrogens is 264 g/mol. The van der Waals surface area contributed by atoms with Crippen LogP contribution in [0.4, 0.5) is 5.69 Å². The highest BCUT2D eigenvalue weighted by Gasteiger charge is 2.11. The second-order valence-electron chi connectivity index (χ2n) is 4.44. The topological polar surface area (TPSA) is 54.3 Å². The molecule has 0 amide bonds. The van der Waals surface area contributed by atoms with E-state index in [2.05, 4.69) is 11.4 Å². The van der Waals surface area contributed by atoms with Crippen molar-refractivity contribution in [1.82, 2.24) is 0 Å². The van der Waals surface area contributed by atoms with Gasteiger partial charge < -0.3 is 14.8 Å². The van der Waals surface area contributed by atoms with Gasteiger partial charge in [-0.3, -0.25) is 0 Å². The number of anilines is 1. The van der Waals surface area contributed by atoms with Crippen LogP contribution in [-0.4, -0.2) is 13.7 Å². The molecule has 1 N–H and O–H groups in total. The Morgan fingerprint density at radius 3 is 2.52 bits per heavy atom. The molecule has 0 heterocycles. The lowest BCUT2D eigenvalue weighted by atomic mass is 10.1. The second-order valence-corrected chi connectivity index (χ2v) is 4.44. The largest absolute Gasteiger partial charge is 0.497 e. The van der Waals surface area contributed by atoms with Crippen LogP contribution in [0.15, 0.2) is 48.5 Å². The van der Waals surface area contributed by atoms with Gasteiger partial charge in [-0.1, -0.05) is 12.1 Å². The summed E-state index contributed by atoms with van der Waals surface area (Å²) < 4.78 is 10.6. The maximum atomic E-state index is 9.38. The van der Waals surface area contributed by atoms with Gasteiger partial charge in [0.2, 0.25) is 0 Å². The summed E-state index contributed by atoms with van der Waals surface area (Å²) in [6.07, 6.45) is 0. The van der Waals surface area contributed by atoms with Gasteiger partial charge in [-0.15, -0.1) is 0 Å². The molecule has 0 spiro atoms. The first-order chi connectivity index (χ1) is 10.3. The van der Waals surface area contributed by atoms with Crippen LogP contribution in [0.2, 0.25) is 0 Å². The number of hydrogen-bond donors (Lipinski definition) is 1. The number of rotatable bonds is 6. The molecule has 2 rings (SSSR count). The Kier molecular flexibility index (Phi) is 5.05. The van der Waals surface area contributed by atoms with E-state index < -0.39 is 6.04 Å². The molecule has 0 aliphatic carbocycles. The SMILES string of the molecule is CCOc1cccc(C(C#N)Nc2ccc(OC)cc2)c1. The Hall–Kier alpha value is -2.67. The van der Waals surface area contributed by atoms with Crippen molar-refractivity contribution in [3.8, 4) is 17.6 Å². The zero-order chi connectivity index (χ0) is 15.1. The van der Waals surface area contributed by atoms with Crippen LogP contribution in [0, 0.1) is 11.3 Å². The van der Waals surface area contributed by atoms with Crippen LogP contribution >= 0.6 is 0 Å². The molecular formula is C17H18N2O2. The summed E-state index contributed by atoms with van der Waals surface area (Å²) >= 11 is 0. The van der Waals surface area contributed by atoms with Crippen molar-refractivity contribution in [3.05, 3.63) is 54.1 Å². The van der Waals surface area contributed by atoms with E-state index in [1.165, 1.54) is 0 Å². The van der Waals surface area contributed by atoms with E-state index in [0.717, 1.165) is 22.7 Å². The van der Waals surface area contributed by atoms with Crippen molar-refractivity contribution >= 4 is 5.69 Å². The first kappa shape index (κ1) is 14.7. The number of nitrogens with zero attached hydrogens (tertiary/aromatic N) is 1. The fourth-order valence-corrected chi connectivity index (χ4v) is 1.99. The molecule has 0 fully saturated rings. The van der Waals surface area contributed by atoms with Gasteiger partial charge in [0.05, 0.1) is 19.8 Å². The minimum Gasteiger partial charge on any atom is -0.497 e. The number of nitrogens with one attached hydrogen (secondary N) is 1. The van der Waals surface area contributed by atoms with Gasteiger partial charge in [-0.25, -0.2) is 0 Å². The van der Waals surface area contributed by atoms with E-state index in [-0.39, 0.29) is 0 Å². The zero-order valence-electron chi connectivity index (χ0n) is 12.2. The number of benzene rings is 2. The maximum absolute atomic E-state index is 9.38.